The quantitative estimate of drug-likeness (QED) is 0.0942. The van der Waals surface area contributed by atoms with Gasteiger partial charge in [0.2, 0.25) is 11.8 Å². The van der Waals surface area contributed by atoms with Gasteiger partial charge in [-0.05, 0) is 83.3 Å². The van der Waals surface area contributed by atoms with Crippen LogP contribution in [-0.4, -0.2) is 114 Å². The summed E-state index contributed by atoms with van der Waals surface area (Å²) < 4.78 is 15.1. The molecule has 8 rings (SSSR count). The zero-order chi connectivity index (χ0) is 44.7. The zero-order valence-corrected chi connectivity index (χ0v) is 38.1. The second-order valence-electron chi connectivity index (χ2n) is 17.9. The Kier molecular flexibility index (Phi) is 12.0. The standard InChI is InChI=1S/C47H56N8O7Si/c1-26(2)39(52-46(58)61-5)44(56)54-19-9-10-37(54)42-48-23-36(50-42)32-14-12-28-11-13-29(21-33(28)22-32)30-15-17-34-31(20-30)16-18-35-41(34)51-43(49-35)38-24-63(7,8)25-55(38)45(57)40(27(3)60-4)53-47(59)62-6/h11-18,20-23,26-27,37-40H,9-10,19,24-25H2,1-8H3,(H,48,50)(H,49,51)(H,52,58)(H,53,59)/t27-,37+,38+,39-,40?/m1/s1. The minimum absolute atomic E-state index is 0.116. The fraction of sp³-hybridized carbons (Fsp3) is 0.404. The van der Waals surface area contributed by atoms with Gasteiger partial charge in [-0.3, -0.25) is 9.59 Å². The van der Waals surface area contributed by atoms with E-state index in [0.29, 0.717) is 12.7 Å². The Labute approximate surface area is 367 Å². The number of carbonyl (C=O) groups excluding carboxylic acids is 4. The highest BCUT2D eigenvalue weighted by molar-refractivity contribution is 6.78. The van der Waals surface area contributed by atoms with E-state index in [0.717, 1.165) is 85.5 Å². The summed E-state index contributed by atoms with van der Waals surface area (Å²) in [7, 11) is 2.25. The number of rotatable bonds is 11. The predicted molar refractivity (Wildman–Crippen MR) is 245 cm³/mol. The topological polar surface area (TPSA) is 184 Å². The van der Waals surface area contributed by atoms with Gasteiger partial charge in [-0.2, -0.15) is 0 Å². The van der Waals surface area contributed by atoms with E-state index >= 15 is 0 Å². The molecule has 2 aromatic heterocycles. The van der Waals surface area contributed by atoms with Crippen LogP contribution in [0.3, 0.4) is 0 Å². The molecule has 4 aromatic carbocycles. The molecule has 330 valence electrons. The smallest absolute Gasteiger partial charge is 0.407 e. The van der Waals surface area contributed by atoms with E-state index in [1.165, 1.54) is 21.3 Å². The number of imidazole rings is 2. The Morgan fingerprint density at radius 2 is 1.38 bits per heavy atom. The average molecular weight is 873 g/mol. The Morgan fingerprint density at radius 3 is 2.08 bits per heavy atom. The molecule has 2 aliphatic heterocycles. The first-order valence-electron chi connectivity index (χ1n) is 21.5. The molecule has 0 bridgehead atoms. The zero-order valence-electron chi connectivity index (χ0n) is 37.1. The lowest BCUT2D eigenvalue weighted by Crippen LogP contribution is -2.54. The Hall–Kier alpha value is -6.26. The molecule has 4 heterocycles. The van der Waals surface area contributed by atoms with Crippen molar-refractivity contribution in [3.63, 3.8) is 0 Å². The molecule has 2 fully saturated rings. The lowest BCUT2D eigenvalue weighted by atomic mass is 9.97. The number of carbonyl (C=O) groups is 4. The first kappa shape index (κ1) is 43.4. The highest BCUT2D eigenvalue weighted by Gasteiger charge is 2.46. The second-order valence-corrected chi connectivity index (χ2v) is 23.0. The fourth-order valence-electron chi connectivity index (χ4n) is 9.22. The van der Waals surface area contributed by atoms with Gasteiger partial charge in [0.15, 0.2) is 0 Å². The van der Waals surface area contributed by atoms with E-state index in [9.17, 15) is 19.2 Å². The van der Waals surface area contributed by atoms with Crippen molar-refractivity contribution < 1.29 is 33.4 Å². The summed E-state index contributed by atoms with van der Waals surface area (Å²) in [6.45, 7) is 10.7. The van der Waals surface area contributed by atoms with Crippen molar-refractivity contribution in [2.24, 2.45) is 5.92 Å². The highest BCUT2D eigenvalue weighted by Crippen LogP contribution is 2.40. The number of alkyl carbamates (subject to hydrolysis) is 2. The third-order valence-electron chi connectivity index (χ3n) is 12.7. The minimum atomic E-state index is -1.84. The van der Waals surface area contributed by atoms with Gasteiger partial charge in [-0.15, -0.1) is 0 Å². The molecule has 4 N–H and O–H groups in total. The van der Waals surface area contributed by atoms with Crippen LogP contribution in [-0.2, 0) is 23.8 Å². The number of nitrogens with zero attached hydrogens (tertiary/aromatic N) is 4. The lowest BCUT2D eigenvalue weighted by molar-refractivity contribution is -0.137. The number of hydrogen-bond donors (Lipinski definition) is 4. The second kappa shape index (κ2) is 17.5. The summed E-state index contributed by atoms with van der Waals surface area (Å²) in [5, 5.41) is 9.63. The maximum absolute atomic E-state index is 14.1. The van der Waals surface area contributed by atoms with Gasteiger partial charge in [0, 0.05) is 30.8 Å². The van der Waals surface area contributed by atoms with Crippen molar-refractivity contribution in [2.45, 2.75) is 83.0 Å². The first-order chi connectivity index (χ1) is 30.2. The Balaban J connectivity index is 1.04. The summed E-state index contributed by atoms with van der Waals surface area (Å²) in [6, 6.07) is 22.1. The highest BCUT2D eigenvalue weighted by atomic mass is 28.3. The number of likely N-dealkylation sites (tertiary alicyclic amines) is 1. The van der Waals surface area contributed by atoms with Crippen LogP contribution in [0, 0.1) is 5.92 Å². The molecule has 0 radical (unpaired) electrons. The summed E-state index contributed by atoms with van der Waals surface area (Å²) in [4.78, 5) is 72.7. The minimum Gasteiger partial charge on any atom is -0.453 e. The molecule has 0 saturated carbocycles. The molecule has 16 heteroatoms. The molecule has 0 spiro atoms. The Morgan fingerprint density at radius 1 is 0.746 bits per heavy atom. The van der Waals surface area contributed by atoms with Crippen LogP contribution in [0.4, 0.5) is 9.59 Å². The molecule has 63 heavy (non-hydrogen) atoms. The summed E-state index contributed by atoms with van der Waals surface area (Å²) >= 11 is 0. The molecule has 1 unspecified atom stereocenters. The third kappa shape index (κ3) is 8.61. The summed E-state index contributed by atoms with van der Waals surface area (Å²) in [5.41, 5.74) is 5.71. The molecule has 0 aliphatic carbocycles. The largest absolute Gasteiger partial charge is 0.453 e. The van der Waals surface area contributed by atoms with Crippen molar-refractivity contribution in [3.8, 4) is 22.4 Å². The number of hydrogen-bond acceptors (Lipinski definition) is 9. The van der Waals surface area contributed by atoms with Gasteiger partial charge in [-0.1, -0.05) is 69.4 Å². The average Bonchev–Trinajstić information content (AvgIpc) is 4.11. The van der Waals surface area contributed by atoms with Crippen LogP contribution in [0.1, 0.15) is 57.3 Å². The monoisotopic (exact) mass is 872 g/mol. The van der Waals surface area contributed by atoms with Crippen molar-refractivity contribution in [2.75, 3.05) is 34.0 Å². The molecule has 15 nitrogen and oxygen atoms in total. The number of nitrogens with one attached hydrogen (secondary N) is 4. The van der Waals surface area contributed by atoms with Crippen molar-refractivity contribution >= 4 is 64.7 Å². The molecule has 2 aliphatic rings. The van der Waals surface area contributed by atoms with Crippen molar-refractivity contribution in [1.29, 1.82) is 0 Å². The van der Waals surface area contributed by atoms with E-state index in [1.807, 2.05) is 35.9 Å². The first-order valence-corrected chi connectivity index (χ1v) is 24.9. The van der Waals surface area contributed by atoms with E-state index in [4.69, 9.17) is 24.2 Å². The van der Waals surface area contributed by atoms with Crippen LogP contribution in [0.25, 0.3) is 55.0 Å². The maximum atomic E-state index is 14.1. The van der Waals surface area contributed by atoms with Gasteiger partial charge >= 0.3 is 12.2 Å². The Bertz CT molecular complexity index is 2710. The normalized spacial score (nSPS) is 18.8. The number of benzene rings is 4. The number of aromatic amines is 2. The summed E-state index contributed by atoms with van der Waals surface area (Å²) in [6.07, 6.45) is 2.18. The molecular formula is C47H56N8O7Si. The van der Waals surface area contributed by atoms with Gasteiger partial charge in [0.25, 0.3) is 0 Å². The van der Waals surface area contributed by atoms with Gasteiger partial charge in [0.05, 0.1) is 63.4 Å². The maximum Gasteiger partial charge on any atom is 0.407 e. The molecule has 4 amide bonds. The van der Waals surface area contributed by atoms with Crippen molar-refractivity contribution in [1.82, 2.24) is 40.4 Å². The molecule has 5 atom stereocenters. The summed E-state index contributed by atoms with van der Waals surface area (Å²) in [5.74, 6) is 0.967. The van der Waals surface area contributed by atoms with E-state index in [-0.39, 0.29) is 29.8 Å². The number of methoxy groups -OCH3 is 3. The van der Waals surface area contributed by atoms with E-state index < -0.39 is 38.4 Å². The fourth-order valence-corrected chi connectivity index (χ4v) is 12.1. The van der Waals surface area contributed by atoms with Gasteiger partial charge in [0.1, 0.15) is 23.7 Å². The molecular weight excluding hydrogens is 817 g/mol. The van der Waals surface area contributed by atoms with E-state index in [1.54, 1.807) is 6.92 Å². The number of ether oxygens (including phenoxy) is 3. The van der Waals surface area contributed by atoms with Crippen molar-refractivity contribution in [3.05, 3.63) is 84.6 Å². The molecule has 6 aromatic rings. The van der Waals surface area contributed by atoms with Crippen LogP contribution in [0.2, 0.25) is 19.1 Å². The van der Waals surface area contributed by atoms with Gasteiger partial charge < -0.3 is 44.6 Å². The van der Waals surface area contributed by atoms with E-state index in [2.05, 4.69) is 94.4 Å². The van der Waals surface area contributed by atoms with Crippen LogP contribution in [0.15, 0.2) is 72.9 Å². The third-order valence-corrected chi connectivity index (χ3v) is 15.4. The lowest BCUT2D eigenvalue weighted by Gasteiger charge is -2.31. The predicted octanol–water partition coefficient (Wildman–Crippen LogP) is 7.86. The van der Waals surface area contributed by atoms with Crippen LogP contribution >= 0.6 is 0 Å². The number of amides is 4. The number of aromatic nitrogens is 4. The molecule has 2 saturated heterocycles. The van der Waals surface area contributed by atoms with Gasteiger partial charge in [-0.25, -0.2) is 19.6 Å². The number of H-pyrrole nitrogens is 2. The SMILES string of the molecule is COC(=O)NC(C(=O)N1C[Si](C)(C)C[C@H]1c1nc2c(ccc3cc(-c4ccc5ccc(-c6cnc([C@@H]7CCCN7C(=O)[C@H](NC(=O)OC)C(C)C)[nH]6)cc5c4)ccc32)[nH]1)[C@@H](C)OC. The van der Waals surface area contributed by atoms with Crippen LogP contribution in [0.5, 0.6) is 0 Å². The number of fused-ring (bicyclic) bond motifs is 4. The van der Waals surface area contributed by atoms with Crippen LogP contribution < -0.4 is 10.6 Å².